The molecule has 0 spiro atoms. The van der Waals surface area contributed by atoms with Gasteiger partial charge in [0, 0.05) is 24.2 Å². The van der Waals surface area contributed by atoms with Crippen molar-refractivity contribution in [3.63, 3.8) is 0 Å². The highest BCUT2D eigenvalue weighted by molar-refractivity contribution is 6.09. The van der Waals surface area contributed by atoms with Crippen molar-refractivity contribution in [1.29, 1.82) is 0 Å². The molecule has 0 radical (unpaired) electrons. The maximum Gasteiger partial charge on any atom is 0.322 e. The second-order valence-electron chi connectivity index (χ2n) is 6.62. The van der Waals surface area contributed by atoms with Crippen molar-refractivity contribution < 1.29 is 9.21 Å². The van der Waals surface area contributed by atoms with Crippen LogP contribution in [0.3, 0.4) is 0 Å². The molecule has 1 unspecified atom stereocenters. The summed E-state index contributed by atoms with van der Waals surface area (Å²) in [5, 5.41) is 14.3. The minimum absolute atomic E-state index is 0.0103. The van der Waals surface area contributed by atoms with Gasteiger partial charge in [0.2, 0.25) is 5.89 Å². The largest absolute Gasteiger partial charge is 0.407 e. The first-order valence-electron chi connectivity index (χ1n) is 9.29. The molecule has 2 aromatic carbocycles. The summed E-state index contributed by atoms with van der Waals surface area (Å²) >= 11 is 0. The fourth-order valence-corrected chi connectivity index (χ4v) is 3.03. The van der Waals surface area contributed by atoms with Crippen molar-refractivity contribution in [3.8, 4) is 0 Å². The third kappa shape index (κ3) is 3.93. The Morgan fingerprint density at radius 1 is 1.11 bits per heavy atom. The zero-order valence-corrected chi connectivity index (χ0v) is 15.6. The molecule has 7 nitrogen and oxygen atoms in total. The summed E-state index contributed by atoms with van der Waals surface area (Å²) in [5.74, 6) is 0.963. The fraction of sp³-hybridized carbons (Fsp3) is 0.238. The van der Waals surface area contributed by atoms with Crippen molar-refractivity contribution in [3.05, 3.63) is 77.2 Å². The highest BCUT2D eigenvalue weighted by atomic mass is 16.4. The molecule has 28 heavy (non-hydrogen) atoms. The second kappa shape index (κ2) is 8.04. The molecule has 0 amide bonds. The lowest BCUT2D eigenvalue weighted by Crippen LogP contribution is -2.35. The van der Waals surface area contributed by atoms with E-state index in [1.165, 1.54) is 0 Å². The number of rotatable bonds is 5. The van der Waals surface area contributed by atoms with Crippen LogP contribution in [0.5, 0.6) is 0 Å². The topological polar surface area (TPSA) is 92.4 Å². The fourth-order valence-electron chi connectivity index (χ4n) is 3.03. The quantitative estimate of drug-likeness (QED) is 0.665. The molecule has 2 N–H and O–H groups in total. The molecule has 0 saturated heterocycles. The maximum absolute atomic E-state index is 12.7. The number of carbonyl (C=O) groups excluding carboxylic acids is 1. The molecular weight excluding hydrogens is 354 g/mol. The van der Waals surface area contributed by atoms with Gasteiger partial charge in [0.25, 0.3) is 0 Å². The van der Waals surface area contributed by atoms with E-state index in [2.05, 4.69) is 25.8 Å². The van der Waals surface area contributed by atoms with Crippen LogP contribution >= 0.6 is 0 Å². The van der Waals surface area contributed by atoms with Gasteiger partial charge in [-0.15, -0.1) is 5.10 Å². The molecule has 1 aliphatic rings. The Morgan fingerprint density at radius 2 is 1.93 bits per heavy atom. The van der Waals surface area contributed by atoms with Crippen LogP contribution in [0.2, 0.25) is 0 Å². The molecule has 0 saturated carbocycles. The summed E-state index contributed by atoms with van der Waals surface area (Å²) in [6.45, 7) is 3.61. The highest BCUT2D eigenvalue weighted by Gasteiger charge is 2.19. The normalized spacial score (nSPS) is 14.7. The number of benzene rings is 2. The Morgan fingerprint density at radius 3 is 2.71 bits per heavy atom. The standard InChI is InChI=1S/C21H21N5O2/c1-14(19-25-26-21(28-19)24-20-22-11-6-12-23-20)16-9-5-10-17(13-16)18(27)15-7-3-2-4-8-15/h2-5,7-10,13-14H,6,11-12H2,1H3,(H2,22,23,24,26). The van der Waals surface area contributed by atoms with Crippen LogP contribution in [0.15, 0.2) is 64.0 Å². The molecular formula is C21H21N5O2. The summed E-state index contributed by atoms with van der Waals surface area (Å²) in [6.07, 6.45) is 1.01. The first-order chi connectivity index (χ1) is 13.7. The Labute approximate surface area is 162 Å². The summed E-state index contributed by atoms with van der Waals surface area (Å²) in [6, 6.07) is 17.1. The molecule has 1 atom stereocenters. The number of carbonyl (C=O) groups is 1. The number of nitrogens with one attached hydrogen (secondary N) is 2. The van der Waals surface area contributed by atoms with Crippen molar-refractivity contribution in [2.24, 2.45) is 4.99 Å². The van der Waals surface area contributed by atoms with Crippen molar-refractivity contribution in [1.82, 2.24) is 15.5 Å². The predicted octanol–water partition coefficient (Wildman–Crippen LogP) is 3.21. The number of hydrogen-bond donors (Lipinski definition) is 2. The molecule has 3 aromatic rings. The number of ketones is 1. The highest BCUT2D eigenvalue weighted by Crippen LogP contribution is 2.25. The van der Waals surface area contributed by atoms with E-state index in [9.17, 15) is 4.79 Å². The van der Waals surface area contributed by atoms with Crippen LogP contribution in [0, 0.1) is 0 Å². The number of nitrogens with zero attached hydrogens (tertiary/aromatic N) is 3. The Bertz CT molecular complexity index is 997. The third-order valence-electron chi connectivity index (χ3n) is 4.62. The average Bonchev–Trinajstić information content (AvgIpc) is 3.22. The first-order valence-corrected chi connectivity index (χ1v) is 9.29. The van der Waals surface area contributed by atoms with E-state index in [4.69, 9.17) is 4.42 Å². The van der Waals surface area contributed by atoms with Crippen LogP contribution < -0.4 is 10.6 Å². The van der Waals surface area contributed by atoms with Crippen LogP contribution in [0.1, 0.15) is 46.6 Å². The second-order valence-corrected chi connectivity index (χ2v) is 6.62. The van der Waals surface area contributed by atoms with E-state index >= 15 is 0 Å². The monoisotopic (exact) mass is 375 g/mol. The number of anilines is 1. The van der Waals surface area contributed by atoms with E-state index < -0.39 is 0 Å². The molecule has 1 aromatic heterocycles. The van der Waals surface area contributed by atoms with Gasteiger partial charge in [-0.05, 0) is 25.0 Å². The van der Waals surface area contributed by atoms with Gasteiger partial charge in [-0.1, -0.05) is 53.6 Å². The Balaban J connectivity index is 1.51. The van der Waals surface area contributed by atoms with Gasteiger partial charge in [-0.3, -0.25) is 15.1 Å². The molecule has 142 valence electrons. The predicted molar refractivity (Wildman–Crippen MR) is 107 cm³/mol. The van der Waals surface area contributed by atoms with Gasteiger partial charge >= 0.3 is 6.01 Å². The minimum Gasteiger partial charge on any atom is -0.407 e. The SMILES string of the molecule is CC(c1cccc(C(=O)c2ccccc2)c1)c1nnc(NC2=NCCCN2)o1. The van der Waals surface area contributed by atoms with E-state index in [1.807, 2.05) is 61.5 Å². The molecule has 0 fully saturated rings. The van der Waals surface area contributed by atoms with Crippen LogP contribution in [-0.4, -0.2) is 35.0 Å². The molecule has 1 aliphatic heterocycles. The van der Waals surface area contributed by atoms with Crippen LogP contribution in [0.4, 0.5) is 6.01 Å². The molecule has 0 bridgehead atoms. The summed E-state index contributed by atoms with van der Waals surface area (Å²) in [4.78, 5) is 17.0. The summed E-state index contributed by atoms with van der Waals surface area (Å²) in [7, 11) is 0. The maximum atomic E-state index is 12.7. The van der Waals surface area contributed by atoms with E-state index in [0.29, 0.717) is 29.0 Å². The van der Waals surface area contributed by atoms with Gasteiger partial charge in [0.05, 0.1) is 5.92 Å². The van der Waals surface area contributed by atoms with Gasteiger partial charge in [0.15, 0.2) is 11.7 Å². The molecule has 2 heterocycles. The zero-order chi connectivity index (χ0) is 19.3. The van der Waals surface area contributed by atoms with Crippen molar-refractivity contribution in [2.45, 2.75) is 19.3 Å². The molecule has 4 rings (SSSR count). The van der Waals surface area contributed by atoms with Gasteiger partial charge in [-0.25, -0.2) is 0 Å². The van der Waals surface area contributed by atoms with Gasteiger partial charge in [-0.2, -0.15) is 0 Å². The smallest absolute Gasteiger partial charge is 0.322 e. The van der Waals surface area contributed by atoms with Gasteiger partial charge < -0.3 is 9.73 Å². The number of guanidine groups is 1. The number of aromatic nitrogens is 2. The van der Waals surface area contributed by atoms with Crippen molar-refractivity contribution in [2.75, 3.05) is 18.4 Å². The van der Waals surface area contributed by atoms with E-state index in [-0.39, 0.29) is 11.7 Å². The minimum atomic E-state index is -0.146. The first kappa shape index (κ1) is 17.9. The van der Waals surface area contributed by atoms with Crippen molar-refractivity contribution >= 4 is 17.8 Å². The Kier molecular flexibility index (Phi) is 5.14. The van der Waals surface area contributed by atoms with E-state index in [1.54, 1.807) is 0 Å². The molecule has 7 heteroatoms. The lowest BCUT2D eigenvalue weighted by Gasteiger charge is -2.13. The van der Waals surface area contributed by atoms with Gasteiger partial charge in [0.1, 0.15) is 0 Å². The number of aliphatic imine (C=N–C) groups is 1. The van der Waals surface area contributed by atoms with Crippen LogP contribution in [0.25, 0.3) is 0 Å². The lowest BCUT2D eigenvalue weighted by molar-refractivity contribution is 0.103. The average molecular weight is 375 g/mol. The number of hydrogen-bond acceptors (Lipinski definition) is 7. The third-order valence-corrected chi connectivity index (χ3v) is 4.62. The zero-order valence-electron chi connectivity index (χ0n) is 15.6. The Hall–Kier alpha value is -3.48. The summed E-state index contributed by atoms with van der Waals surface area (Å²) < 4.78 is 5.75. The summed E-state index contributed by atoms with van der Waals surface area (Å²) in [5.41, 5.74) is 2.23. The lowest BCUT2D eigenvalue weighted by atomic mass is 9.96. The van der Waals surface area contributed by atoms with E-state index in [0.717, 1.165) is 25.1 Å². The molecule has 0 aliphatic carbocycles. The van der Waals surface area contributed by atoms with Crippen LogP contribution in [-0.2, 0) is 0 Å².